The average Bonchev–Trinajstić information content (AvgIpc) is 3.27. The summed E-state index contributed by atoms with van der Waals surface area (Å²) in [5.41, 5.74) is 3.05. The van der Waals surface area contributed by atoms with Gasteiger partial charge in [0.05, 0.1) is 23.9 Å². The zero-order chi connectivity index (χ0) is 17.3. The predicted octanol–water partition coefficient (Wildman–Crippen LogP) is 1.42. The molecular weight excluding hydrogens is 314 g/mol. The maximum Gasteiger partial charge on any atom is 0.170 e. The first kappa shape index (κ1) is 16.2. The van der Waals surface area contributed by atoms with Crippen LogP contribution in [0.25, 0.3) is 5.69 Å². The van der Waals surface area contributed by atoms with Gasteiger partial charge in [-0.2, -0.15) is 9.94 Å². The molecule has 2 aliphatic heterocycles. The second kappa shape index (κ2) is 6.54. The van der Waals surface area contributed by atoms with Crippen molar-refractivity contribution in [2.45, 2.75) is 32.7 Å². The van der Waals surface area contributed by atoms with Crippen molar-refractivity contribution in [2.24, 2.45) is 5.41 Å². The summed E-state index contributed by atoms with van der Waals surface area (Å²) in [4.78, 5) is 2.45. The molecule has 0 atom stereocenters. The van der Waals surface area contributed by atoms with Gasteiger partial charge in [-0.05, 0) is 85.4 Å². The molecule has 7 nitrogen and oxygen atoms in total. The van der Waals surface area contributed by atoms with Gasteiger partial charge in [0.15, 0.2) is 5.82 Å². The zero-order valence-electron chi connectivity index (χ0n) is 14.6. The zero-order valence-corrected chi connectivity index (χ0v) is 14.6. The van der Waals surface area contributed by atoms with Gasteiger partial charge in [-0.15, -0.1) is 5.10 Å². The Hall–Kier alpha value is -2.30. The molecule has 0 aliphatic carbocycles. The van der Waals surface area contributed by atoms with E-state index >= 15 is 0 Å². The summed E-state index contributed by atoms with van der Waals surface area (Å²) in [6, 6.07) is 7.89. The molecule has 130 valence electrons. The highest BCUT2D eigenvalue weighted by Gasteiger charge is 2.37. The Morgan fingerprint density at radius 2 is 2.12 bits per heavy atom. The fourth-order valence-electron chi connectivity index (χ4n) is 4.02. The number of likely N-dealkylation sites (tertiary alicyclic amines) is 1. The summed E-state index contributed by atoms with van der Waals surface area (Å²) >= 11 is 0. The van der Waals surface area contributed by atoms with E-state index in [0.29, 0.717) is 11.0 Å². The summed E-state index contributed by atoms with van der Waals surface area (Å²) in [6.07, 6.45) is 3.80. The fraction of sp³-hybridized carbons (Fsp3) is 0.556. The number of aromatic nitrogens is 4. The number of nitriles is 1. The Labute approximate surface area is 147 Å². The van der Waals surface area contributed by atoms with Gasteiger partial charge in [0.2, 0.25) is 0 Å². The number of aryl methyl sites for hydroxylation is 1. The first-order valence-corrected chi connectivity index (χ1v) is 8.91. The quantitative estimate of drug-likeness (QED) is 0.912. The Morgan fingerprint density at radius 1 is 1.28 bits per heavy atom. The van der Waals surface area contributed by atoms with Crippen molar-refractivity contribution in [1.29, 1.82) is 5.26 Å². The van der Waals surface area contributed by atoms with Crippen molar-refractivity contribution in [3.05, 3.63) is 35.2 Å². The molecule has 2 saturated heterocycles. The summed E-state index contributed by atoms with van der Waals surface area (Å²) in [5, 5.41) is 24.9. The van der Waals surface area contributed by atoms with Crippen molar-refractivity contribution in [3.63, 3.8) is 0 Å². The maximum atomic E-state index is 9.09. The summed E-state index contributed by atoms with van der Waals surface area (Å²) < 4.78 is 1.79. The maximum absolute atomic E-state index is 9.09. The molecule has 1 N–H and O–H groups in total. The smallest absolute Gasteiger partial charge is 0.170 e. The Balaban J connectivity index is 1.47. The summed E-state index contributed by atoms with van der Waals surface area (Å²) in [6.45, 7) is 7.22. The lowest BCUT2D eigenvalue weighted by molar-refractivity contribution is 0.111. The summed E-state index contributed by atoms with van der Waals surface area (Å²) in [5.74, 6) is 0.851. The van der Waals surface area contributed by atoms with Gasteiger partial charge in [-0.1, -0.05) is 0 Å². The van der Waals surface area contributed by atoms with Crippen LogP contribution < -0.4 is 5.32 Å². The van der Waals surface area contributed by atoms with E-state index in [1.165, 1.54) is 25.8 Å². The lowest BCUT2D eigenvalue weighted by atomic mass is 9.78. The molecule has 0 radical (unpaired) electrons. The molecule has 0 saturated carbocycles. The van der Waals surface area contributed by atoms with Crippen LogP contribution in [-0.2, 0) is 6.54 Å². The minimum Gasteiger partial charge on any atom is -0.316 e. The Bertz CT molecular complexity index is 788. The van der Waals surface area contributed by atoms with Crippen LogP contribution in [0.1, 0.15) is 36.2 Å². The standard InChI is InChI=1S/C18H23N7/c1-14-10-16(3-2-15(14)11-19)25-17(21-22-23-25)12-24-8-5-18(6-9-24)4-7-20-13-18/h2-3,10,20H,4-9,12-13H2,1H3. The number of nitrogens with zero attached hydrogens (tertiary/aromatic N) is 6. The third-order valence-corrected chi connectivity index (χ3v) is 5.72. The minimum absolute atomic E-state index is 0.520. The molecule has 0 bridgehead atoms. The van der Waals surface area contributed by atoms with Gasteiger partial charge < -0.3 is 5.32 Å². The average molecular weight is 337 g/mol. The predicted molar refractivity (Wildman–Crippen MR) is 93.0 cm³/mol. The number of piperidine rings is 1. The topological polar surface area (TPSA) is 82.7 Å². The molecule has 7 heteroatoms. The molecule has 1 aromatic carbocycles. The van der Waals surface area contributed by atoms with E-state index in [9.17, 15) is 0 Å². The van der Waals surface area contributed by atoms with Crippen LogP contribution >= 0.6 is 0 Å². The second-order valence-electron chi connectivity index (χ2n) is 7.32. The largest absolute Gasteiger partial charge is 0.316 e. The van der Waals surface area contributed by atoms with E-state index in [1.807, 2.05) is 25.1 Å². The van der Waals surface area contributed by atoms with Gasteiger partial charge in [0.25, 0.3) is 0 Å². The van der Waals surface area contributed by atoms with Crippen LogP contribution in [0.15, 0.2) is 18.2 Å². The highest BCUT2D eigenvalue weighted by Crippen LogP contribution is 2.37. The van der Waals surface area contributed by atoms with Crippen molar-refractivity contribution < 1.29 is 0 Å². The van der Waals surface area contributed by atoms with Gasteiger partial charge in [-0.25, -0.2) is 0 Å². The highest BCUT2D eigenvalue weighted by atomic mass is 15.5. The number of hydrogen-bond acceptors (Lipinski definition) is 6. The molecule has 0 unspecified atom stereocenters. The Kier molecular flexibility index (Phi) is 4.24. The van der Waals surface area contributed by atoms with Crippen LogP contribution in [0.5, 0.6) is 0 Å². The van der Waals surface area contributed by atoms with E-state index in [1.54, 1.807) is 4.68 Å². The van der Waals surface area contributed by atoms with Gasteiger partial charge in [0, 0.05) is 6.54 Å². The highest BCUT2D eigenvalue weighted by molar-refractivity contribution is 5.45. The van der Waals surface area contributed by atoms with Crippen LogP contribution in [0.2, 0.25) is 0 Å². The van der Waals surface area contributed by atoms with E-state index in [2.05, 4.69) is 31.8 Å². The van der Waals surface area contributed by atoms with Crippen molar-refractivity contribution in [3.8, 4) is 11.8 Å². The van der Waals surface area contributed by atoms with Gasteiger partial charge in [-0.3, -0.25) is 4.90 Å². The normalized spacial score (nSPS) is 20.0. The monoisotopic (exact) mass is 337 g/mol. The van der Waals surface area contributed by atoms with Crippen molar-refractivity contribution >= 4 is 0 Å². The van der Waals surface area contributed by atoms with Crippen LogP contribution in [-0.4, -0.2) is 51.3 Å². The van der Waals surface area contributed by atoms with Crippen molar-refractivity contribution in [2.75, 3.05) is 26.2 Å². The molecule has 1 aromatic heterocycles. The number of hydrogen-bond donors (Lipinski definition) is 1. The van der Waals surface area contributed by atoms with Crippen LogP contribution in [0, 0.1) is 23.7 Å². The number of rotatable bonds is 3. The first-order chi connectivity index (χ1) is 12.2. The second-order valence-corrected chi connectivity index (χ2v) is 7.32. The summed E-state index contributed by atoms with van der Waals surface area (Å²) in [7, 11) is 0. The molecule has 1 spiro atoms. The number of tetrazole rings is 1. The minimum atomic E-state index is 0.520. The molecule has 0 amide bonds. The SMILES string of the molecule is Cc1cc(-n2nnnc2CN2CCC3(CCNC3)CC2)ccc1C#N. The van der Waals surface area contributed by atoms with Gasteiger partial charge in [0.1, 0.15) is 0 Å². The third kappa shape index (κ3) is 3.15. The lowest BCUT2D eigenvalue weighted by Gasteiger charge is -2.38. The molecule has 4 rings (SSSR count). The van der Waals surface area contributed by atoms with E-state index in [0.717, 1.165) is 43.3 Å². The van der Waals surface area contributed by atoms with E-state index in [4.69, 9.17) is 5.26 Å². The van der Waals surface area contributed by atoms with Crippen LogP contribution in [0.3, 0.4) is 0 Å². The fourth-order valence-corrected chi connectivity index (χ4v) is 4.02. The van der Waals surface area contributed by atoms with E-state index in [-0.39, 0.29) is 0 Å². The molecule has 3 heterocycles. The molecule has 2 aromatic rings. The van der Waals surface area contributed by atoms with Crippen LogP contribution in [0.4, 0.5) is 0 Å². The van der Waals surface area contributed by atoms with E-state index < -0.39 is 0 Å². The molecule has 2 aliphatic rings. The lowest BCUT2D eigenvalue weighted by Crippen LogP contribution is -2.41. The molecule has 25 heavy (non-hydrogen) atoms. The number of nitrogens with one attached hydrogen (secondary N) is 1. The van der Waals surface area contributed by atoms with Gasteiger partial charge >= 0.3 is 0 Å². The van der Waals surface area contributed by atoms with Crippen molar-refractivity contribution in [1.82, 2.24) is 30.4 Å². The third-order valence-electron chi connectivity index (χ3n) is 5.72. The molecule has 2 fully saturated rings. The molecular formula is C18H23N7. The number of benzene rings is 1. The first-order valence-electron chi connectivity index (χ1n) is 8.91. The Morgan fingerprint density at radius 3 is 2.80 bits per heavy atom.